The molecule has 0 bridgehead atoms. The molecule has 0 radical (unpaired) electrons. The Balaban J connectivity index is 2.01. The maximum absolute atomic E-state index is 11.5. The molecular weight excluding hydrogens is 410 g/mol. The fraction of sp³-hybridized carbons (Fsp3) is 0. The van der Waals surface area contributed by atoms with Crippen LogP contribution in [0.1, 0.15) is 10.5 Å². The van der Waals surface area contributed by atoms with Gasteiger partial charge in [-0.25, -0.2) is 0 Å². The lowest BCUT2D eigenvalue weighted by atomic mass is 10.1. The molecule has 0 unspecified atom stereocenters. The van der Waals surface area contributed by atoms with Crippen LogP contribution in [-0.4, -0.2) is 26.2 Å². The average Bonchev–Trinajstić information content (AvgIpc) is 3.07. The minimum Gasteiger partial charge on any atom is -0.364 e. The minimum absolute atomic E-state index is 0.0670. The summed E-state index contributed by atoms with van der Waals surface area (Å²) in [5.74, 6) is -0.764. The van der Waals surface area contributed by atoms with E-state index < -0.39 is 10.8 Å². The lowest BCUT2D eigenvalue weighted by Crippen LogP contribution is -2.12. The summed E-state index contributed by atoms with van der Waals surface area (Å²) in [5, 5.41) is 21.3. The maximum Gasteiger partial charge on any atom is 0.283 e. The molecule has 0 saturated carbocycles. The van der Waals surface area contributed by atoms with E-state index in [0.29, 0.717) is 10.5 Å². The van der Waals surface area contributed by atoms with Crippen LogP contribution in [0.15, 0.2) is 56.7 Å². The number of hydrogen-bond donors (Lipinski definition) is 2. The lowest BCUT2D eigenvalue weighted by molar-refractivity contribution is -0.387. The Bertz CT molecular complexity index is 958. The third-order valence-corrected chi connectivity index (χ3v) is 4.85. The van der Waals surface area contributed by atoms with Gasteiger partial charge < -0.3 is 5.73 Å². The number of hydrogen-bond acceptors (Lipinski definition) is 6. The standard InChI is InChI=1S/C15H10BrN5O3S/c16-9-2-4-10(5-3-9)25-12-6-1-8(7-11(12)21(23)24)13-14(15(17)22)19-20-18-13/h1-7H,(H2,17,22)(H,18,19,20). The van der Waals surface area contributed by atoms with Crippen LogP contribution in [0.3, 0.4) is 0 Å². The number of carbonyl (C=O) groups excluding carboxylic acids is 1. The van der Waals surface area contributed by atoms with Gasteiger partial charge in [0.1, 0.15) is 5.69 Å². The van der Waals surface area contributed by atoms with Crippen molar-refractivity contribution in [3.05, 3.63) is 62.7 Å². The van der Waals surface area contributed by atoms with E-state index in [1.54, 1.807) is 12.1 Å². The highest BCUT2D eigenvalue weighted by Gasteiger charge is 2.21. The second kappa shape index (κ2) is 7.03. The number of amides is 1. The molecule has 3 aromatic rings. The first-order valence-corrected chi connectivity index (χ1v) is 8.49. The van der Waals surface area contributed by atoms with Crippen molar-refractivity contribution in [3.8, 4) is 11.3 Å². The van der Waals surface area contributed by atoms with Crippen molar-refractivity contribution in [3.63, 3.8) is 0 Å². The Hall–Kier alpha value is -2.72. The smallest absolute Gasteiger partial charge is 0.283 e. The molecule has 126 valence electrons. The summed E-state index contributed by atoms with van der Waals surface area (Å²) in [5.41, 5.74) is 5.63. The molecule has 2 aromatic carbocycles. The number of nitro groups is 1. The number of nitrogens with one attached hydrogen (secondary N) is 1. The molecule has 0 fully saturated rings. The van der Waals surface area contributed by atoms with Crippen molar-refractivity contribution < 1.29 is 9.72 Å². The number of benzene rings is 2. The number of rotatable bonds is 5. The number of nitrogens with zero attached hydrogens (tertiary/aromatic N) is 3. The highest BCUT2D eigenvalue weighted by atomic mass is 79.9. The maximum atomic E-state index is 11.5. The molecule has 3 N–H and O–H groups in total. The molecule has 1 amide bonds. The average molecular weight is 420 g/mol. The number of carbonyl (C=O) groups is 1. The quantitative estimate of drug-likeness (QED) is 0.481. The van der Waals surface area contributed by atoms with Crippen molar-refractivity contribution in [2.75, 3.05) is 0 Å². The zero-order chi connectivity index (χ0) is 18.0. The van der Waals surface area contributed by atoms with Gasteiger partial charge in [0, 0.05) is 21.0 Å². The van der Waals surface area contributed by atoms with Gasteiger partial charge in [-0.3, -0.25) is 14.9 Å². The Morgan fingerprint density at radius 3 is 2.56 bits per heavy atom. The zero-order valence-corrected chi connectivity index (χ0v) is 14.9. The van der Waals surface area contributed by atoms with E-state index in [1.165, 1.54) is 17.8 Å². The number of aromatic nitrogens is 3. The first kappa shape index (κ1) is 17.1. The first-order valence-electron chi connectivity index (χ1n) is 6.88. The molecule has 3 rings (SSSR count). The van der Waals surface area contributed by atoms with Crippen LogP contribution >= 0.6 is 27.7 Å². The van der Waals surface area contributed by atoms with E-state index in [2.05, 4.69) is 31.3 Å². The third kappa shape index (κ3) is 3.69. The van der Waals surface area contributed by atoms with Crippen molar-refractivity contribution in [1.82, 2.24) is 15.4 Å². The van der Waals surface area contributed by atoms with Gasteiger partial charge in [-0.1, -0.05) is 33.8 Å². The topological polar surface area (TPSA) is 128 Å². The van der Waals surface area contributed by atoms with Gasteiger partial charge in [0.05, 0.1) is 9.82 Å². The molecule has 0 aliphatic carbocycles. The van der Waals surface area contributed by atoms with Crippen molar-refractivity contribution in [1.29, 1.82) is 0 Å². The SMILES string of the molecule is NC(=O)c1n[nH]nc1-c1ccc(Sc2ccc(Br)cc2)c([N+](=O)[O-])c1. The summed E-state index contributed by atoms with van der Waals surface area (Å²) in [6, 6.07) is 12.0. The number of aromatic amines is 1. The fourth-order valence-corrected chi connectivity index (χ4v) is 3.29. The molecule has 0 saturated heterocycles. The van der Waals surface area contributed by atoms with E-state index in [-0.39, 0.29) is 17.1 Å². The van der Waals surface area contributed by atoms with E-state index in [0.717, 1.165) is 9.37 Å². The van der Waals surface area contributed by atoms with Crippen LogP contribution in [0.5, 0.6) is 0 Å². The van der Waals surface area contributed by atoms with Crippen LogP contribution in [-0.2, 0) is 0 Å². The summed E-state index contributed by atoms with van der Waals surface area (Å²) in [6.45, 7) is 0. The molecule has 25 heavy (non-hydrogen) atoms. The number of primary amides is 1. The summed E-state index contributed by atoms with van der Waals surface area (Å²) in [6.07, 6.45) is 0. The molecule has 8 nitrogen and oxygen atoms in total. The summed E-state index contributed by atoms with van der Waals surface area (Å²) in [4.78, 5) is 23.7. The van der Waals surface area contributed by atoms with Gasteiger partial charge >= 0.3 is 0 Å². The largest absolute Gasteiger partial charge is 0.364 e. The number of nitro benzene ring substituents is 1. The van der Waals surface area contributed by atoms with E-state index in [9.17, 15) is 14.9 Å². The molecule has 0 aliphatic heterocycles. The molecular formula is C15H10BrN5O3S. The lowest BCUT2D eigenvalue weighted by Gasteiger charge is -2.05. The van der Waals surface area contributed by atoms with Gasteiger partial charge in [0.25, 0.3) is 11.6 Å². The van der Waals surface area contributed by atoms with Crippen LogP contribution in [0.4, 0.5) is 5.69 Å². The van der Waals surface area contributed by atoms with Gasteiger partial charge in [-0.05, 0) is 30.3 Å². The Morgan fingerprint density at radius 2 is 1.92 bits per heavy atom. The van der Waals surface area contributed by atoms with Crippen LogP contribution in [0, 0.1) is 10.1 Å². The normalized spacial score (nSPS) is 10.6. The first-order chi connectivity index (χ1) is 12.0. The second-order valence-electron chi connectivity index (χ2n) is 4.88. The molecule has 0 aliphatic rings. The van der Waals surface area contributed by atoms with Crippen molar-refractivity contribution in [2.24, 2.45) is 5.73 Å². The third-order valence-electron chi connectivity index (χ3n) is 3.25. The molecule has 1 heterocycles. The fourth-order valence-electron chi connectivity index (χ4n) is 2.13. The molecule has 10 heteroatoms. The van der Waals surface area contributed by atoms with Gasteiger partial charge in [-0.2, -0.15) is 15.4 Å². The molecule has 0 spiro atoms. The van der Waals surface area contributed by atoms with Crippen LogP contribution in [0.2, 0.25) is 0 Å². The van der Waals surface area contributed by atoms with Crippen LogP contribution in [0.25, 0.3) is 11.3 Å². The predicted octanol–water partition coefficient (Wildman–Crippen LogP) is 3.39. The predicted molar refractivity (Wildman–Crippen MR) is 95.3 cm³/mol. The molecule has 0 atom stereocenters. The number of H-pyrrole nitrogens is 1. The van der Waals surface area contributed by atoms with E-state index in [4.69, 9.17) is 5.73 Å². The zero-order valence-electron chi connectivity index (χ0n) is 12.5. The summed E-state index contributed by atoms with van der Waals surface area (Å²) >= 11 is 4.62. The number of halogens is 1. The number of nitrogens with two attached hydrogens (primary N) is 1. The Labute approximate surface area is 154 Å². The molecule has 1 aromatic heterocycles. The highest BCUT2D eigenvalue weighted by Crippen LogP contribution is 2.37. The van der Waals surface area contributed by atoms with E-state index >= 15 is 0 Å². The Morgan fingerprint density at radius 1 is 1.20 bits per heavy atom. The monoisotopic (exact) mass is 419 g/mol. The van der Waals surface area contributed by atoms with Crippen molar-refractivity contribution in [2.45, 2.75) is 9.79 Å². The minimum atomic E-state index is -0.764. The van der Waals surface area contributed by atoms with E-state index in [1.807, 2.05) is 24.3 Å². The van der Waals surface area contributed by atoms with Gasteiger partial charge in [-0.15, -0.1) is 0 Å². The van der Waals surface area contributed by atoms with Crippen LogP contribution < -0.4 is 5.73 Å². The van der Waals surface area contributed by atoms with Crippen molar-refractivity contribution >= 4 is 39.3 Å². The highest BCUT2D eigenvalue weighted by molar-refractivity contribution is 9.10. The Kier molecular flexibility index (Phi) is 4.81. The summed E-state index contributed by atoms with van der Waals surface area (Å²) < 4.78 is 0.923. The van der Waals surface area contributed by atoms with Gasteiger partial charge in [0.15, 0.2) is 5.69 Å². The second-order valence-corrected chi connectivity index (χ2v) is 6.91. The van der Waals surface area contributed by atoms with Gasteiger partial charge in [0.2, 0.25) is 0 Å². The summed E-state index contributed by atoms with van der Waals surface area (Å²) in [7, 11) is 0.